The number of thiophene rings is 1. The van der Waals surface area contributed by atoms with Crippen LogP contribution in [0.4, 0.5) is 0 Å². The van der Waals surface area contributed by atoms with Crippen LogP contribution in [0.15, 0.2) is 66.0 Å². The summed E-state index contributed by atoms with van der Waals surface area (Å²) in [5.41, 5.74) is 0.649. The summed E-state index contributed by atoms with van der Waals surface area (Å²) in [6.07, 6.45) is 0.555. The minimum absolute atomic E-state index is 0.156. The van der Waals surface area contributed by atoms with E-state index in [9.17, 15) is 9.90 Å². The number of fused-ring (bicyclic) bond motifs is 1. The summed E-state index contributed by atoms with van der Waals surface area (Å²) in [5.74, 6) is 1.34. The molecule has 6 nitrogen and oxygen atoms in total. The number of piperidine rings is 1. The van der Waals surface area contributed by atoms with E-state index in [2.05, 4.69) is 16.3 Å². The molecule has 1 fully saturated rings. The number of hydrogen-bond acceptors (Lipinski definition) is 6. The molecule has 5 rings (SSSR count). The maximum atomic E-state index is 13.0. The minimum Gasteiger partial charge on any atom is -0.454 e. The Morgan fingerprint density at radius 1 is 1.16 bits per heavy atom. The smallest absolute Gasteiger partial charge is 0.251 e. The van der Waals surface area contributed by atoms with Crippen molar-refractivity contribution < 1.29 is 19.4 Å². The third-order valence-corrected chi connectivity index (χ3v) is 7.21. The third-order valence-electron chi connectivity index (χ3n) is 6.26. The van der Waals surface area contributed by atoms with Crippen molar-refractivity contribution in [1.82, 2.24) is 10.2 Å². The Labute approximate surface area is 191 Å². The fourth-order valence-corrected chi connectivity index (χ4v) is 5.41. The van der Waals surface area contributed by atoms with Gasteiger partial charge in [0.2, 0.25) is 6.79 Å². The van der Waals surface area contributed by atoms with Gasteiger partial charge in [-0.1, -0.05) is 30.3 Å². The van der Waals surface area contributed by atoms with Gasteiger partial charge >= 0.3 is 0 Å². The van der Waals surface area contributed by atoms with Crippen LogP contribution in [0.1, 0.15) is 40.2 Å². The van der Waals surface area contributed by atoms with E-state index in [-0.39, 0.29) is 18.7 Å². The van der Waals surface area contributed by atoms with Gasteiger partial charge < -0.3 is 19.9 Å². The predicted octanol–water partition coefficient (Wildman–Crippen LogP) is 3.97. The van der Waals surface area contributed by atoms with Gasteiger partial charge in [-0.3, -0.25) is 9.69 Å². The molecule has 0 saturated carbocycles. The van der Waals surface area contributed by atoms with Crippen molar-refractivity contribution in [3.8, 4) is 11.5 Å². The van der Waals surface area contributed by atoms with Gasteiger partial charge in [0.25, 0.3) is 5.91 Å². The van der Waals surface area contributed by atoms with E-state index >= 15 is 0 Å². The van der Waals surface area contributed by atoms with Gasteiger partial charge in [-0.2, -0.15) is 0 Å². The highest BCUT2D eigenvalue weighted by molar-refractivity contribution is 7.10. The van der Waals surface area contributed by atoms with Crippen molar-refractivity contribution in [2.24, 2.45) is 0 Å². The molecule has 0 spiro atoms. The van der Waals surface area contributed by atoms with Crippen LogP contribution < -0.4 is 14.8 Å². The first-order chi connectivity index (χ1) is 15.5. The molecular weight excluding hydrogens is 424 g/mol. The Bertz CT molecular complexity index is 1080. The van der Waals surface area contributed by atoms with E-state index in [0.717, 1.165) is 21.9 Å². The van der Waals surface area contributed by atoms with E-state index in [1.807, 2.05) is 54.8 Å². The number of ether oxygens (including phenoxy) is 2. The molecule has 2 aromatic carbocycles. The van der Waals surface area contributed by atoms with Crippen LogP contribution in [-0.2, 0) is 6.54 Å². The summed E-state index contributed by atoms with van der Waals surface area (Å²) in [6, 6.07) is 18.6. The molecule has 3 aromatic rings. The zero-order valence-corrected chi connectivity index (χ0v) is 18.7. The van der Waals surface area contributed by atoms with Crippen LogP contribution in [-0.4, -0.2) is 40.9 Å². The van der Waals surface area contributed by atoms with E-state index in [0.29, 0.717) is 25.1 Å². The fourth-order valence-electron chi connectivity index (χ4n) is 4.52. The number of aliphatic hydroxyl groups is 1. The third kappa shape index (κ3) is 4.11. The molecule has 0 aliphatic carbocycles. The fraction of sp³-hybridized carbons (Fsp3) is 0.320. The molecule has 7 heteroatoms. The number of carbonyl (C=O) groups is 1. The van der Waals surface area contributed by atoms with E-state index < -0.39 is 11.6 Å². The number of carbonyl (C=O) groups excluding carboxylic acids is 1. The average molecular weight is 451 g/mol. The summed E-state index contributed by atoms with van der Waals surface area (Å²) >= 11 is 1.64. The lowest BCUT2D eigenvalue weighted by atomic mass is 9.81. The molecule has 2 aliphatic heterocycles. The van der Waals surface area contributed by atoms with Gasteiger partial charge in [0, 0.05) is 23.5 Å². The second-order valence-electron chi connectivity index (χ2n) is 8.54. The van der Waals surface area contributed by atoms with Crippen LogP contribution >= 0.6 is 11.3 Å². The highest BCUT2D eigenvalue weighted by Gasteiger charge is 2.46. The lowest BCUT2D eigenvalue weighted by molar-refractivity contribution is -0.0656. The van der Waals surface area contributed by atoms with Gasteiger partial charge in [-0.05, 0) is 54.6 Å². The monoisotopic (exact) mass is 450 g/mol. The first kappa shape index (κ1) is 21.0. The van der Waals surface area contributed by atoms with Gasteiger partial charge in [0.15, 0.2) is 11.5 Å². The van der Waals surface area contributed by atoms with Crippen molar-refractivity contribution in [3.05, 3.63) is 82.0 Å². The van der Waals surface area contributed by atoms with Gasteiger partial charge in [0.05, 0.1) is 17.7 Å². The summed E-state index contributed by atoms with van der Waals surface area (Å²) < 4.78 is 11.0. The predicted molar refractivity (Wildman–Crippen MR) is 123 cm³/mol. The number of rotatable bonds is 5. The highest BCUT2D eigenvalue weighted by atomic mass is 32.1. The number of likely N-dealkylation sites (tertiary alicyclic amines) is 1. The van der Waals surface area contributed by atoms with Crippen molar-refractivity contribution >= 4 is 17.2 Å². The maximum Gasteiger partial charge on any atom is 0.251 e. The van der Waals surface area contributed by atoms with Crippen molar-refractivity contribution in [2.45, 2.75) is 37.6 Å². The lowest BCUT2D eigenvalue weighted by Crippen LogP contribution is -2.62. The highest BCUT2D eigenvalue weighted by Crippen LogP contribution is 2.40. The second kappa shape index (κ2) is 8.58. The Morgan fingerprint density at radius 3 is 2.75 bits per heavy atom. The largest absolute Gasteiger partial charge is 0.454 e. The zero-order chi connectivity index (χ0) is 22.1. The molecule has 166 valence electrons. The Balaban J connectivity index is 1.45. The molecule has 1 saturated heterocycles. The molecule has 0 radical (unpaired) electrons. The Morgan fingerprint density at radius 2 is 1.97 bits per heavy atom. The second-order valence-corrected chi connectivity index (χ2v) is 9.52. The Kier molecular flexibility index (Phi) is 5.63. The first-order valence-corrected chi connectivity index (χ1v) is 11.6. The molecule has 32 heavy (non-hydrogen) atoms. The quantitative estimate of drug-likeness (QED) is 0.616. The van der Waals surface area contributed by atoms with Crippen LogP contribution in [0.3, 0.4) is 0 Å². The molecular formula is C25H26N2O4S. The standard InChI is InChI=1S/C25H26N2O4S/c1-25(29)11-12-27(15-17-9-10-19-20(14-17)31-16-30-19)22(21-8-5-13-32-21)23(25)26-24(28)18-6-3-2-4-7-18/h2-10,13-14,22-23,29H,11-12,15-16H2,1H3,(H,26,28)/t22-,23-,25+/m0/s1. The number of nitrogens with one attached hydrogen (secondary N) is 1. The van der Waals surface area contributed by atoms with E-state index in [1.165, 1.54) is 0 Å². The maximum absolute atomic E-state index is 13.0. The number of hydrogen-bond donors (Lipinski definition) is 2. The van der Waals surface area contributed by atoms with E-state index in [1.54, 1.807) is 23.5 Å². The molecule has 2 N–H and O–H groups in total. The van der Waals surface area contributed by atoms with E-state index in [4.69, 9.17) is 9.47 Å². The zero-order valence-electron chi connectivity index (χ0n) is 17.9. The average Bonchev–Trinajstić information content (AvgIpc) is 3.48. The van der Waals surface area contributed by atoms with Gasteiger partial charge in [-0.25, -0.2) is 0 Å². The number of nitrogens with zero attached hydrogens (tertiary/aromatic N) is 1. The van der Waals surface area contributed by atoms with Crippen molar-refractivity contribution in [1.29, 1.82) is 0 Å². The van der Waals surface area contributed by atoms with Crippen molar-refractivity contribution in [2.75, 3.05) is 13.3 Å². The summed E-state index contributed by atoms with van der Waals surface area (Å²) in [4.78, 5) is 16.5. The molecule has 2 aliphatic rings. The Hall–Kier alpha value is -2.87. The number of benzene rings is 2. The van der Waals surface area contributed by atoms with Crippen molar-refractivity contribution in [3.63, 3.8) is 0 Å². The molecule has 0 unspecified atom stereocenters. The van der Waals surface area contributed by atoms with Gasteiger partial charge in [0.1, 0.15) is 0 Å². The minimum atomic E-state index is -1.04. The van der Waals surface area contributed by atoms with Crippen LogP contribution in [0.2, 0.25) is 0 Å². The summed E-state index contributed by atoms with van der Waals surface area (Å²) in [5, 5.41) is 16.5. The molecule has 0 bridgehead atoms. The SMILES string of the molecule is C[C@@]1(O)CCN(Cc2ccc3c(c2)OCO3)[C@@H](c2cccs2)[C@@H]1NC(=O)c1ccccc1. The molecule has 3 atom stereocenters. The normalized spacial score (nSPS) is 24.9. The summed E-state index contributed by atoms with van der Waals surface area (Å²) in [7, 11) is 0. The van der Waals surface area contributed by atoms with Crippen LogP contribution in [0.25, 0.3) is 0 Å². The number of amides is 1. The lowest BCUT2D eigenvalue weighted by Gasteiger charge is -2.48. The molecule has 1 aromatic heterocycles. The molecule has 3 heterocycles. The van der Waals surface area contributed by atoms with Crippen LogP contribution in [0.5, 0.6) is 11.5 Å². The van der Waals surface area contributed by atoms with Crippen LogP contribution in [0, 0.1) is 0 Å². The topological polar surface area (TPSA) is 71.0 Å². The first-order valence-electron chi connectivity index (χ1n) is 10.8. The molecule has 1 amide bonds. The summed E-state index contributed by atoms with van der Waals surface area (Å²) in [6.45, 7) is 3.45. The van der Waals surface area contributed by atoms with Gasteiger partial charge in [-0.15, -0.1) is 11.3 Å².